The third-order valence-corrected chi connectivity index (χ3v) is 4.02. The Hall–Kier alpha value is -2.74. The SMILES string of the molecule is CC(OC(=O)Cc1ccc(F)cc1)C(=O)c1ccc(NS(C)(=O)=O)cc1. The maximum absolute atomic E-state index is 12.8. The zero-order valence-electron chi connectivity index (χ0n) is 14.2. The number of carbonyl (C=O) groups excluding carboxylic acids is 2. The molecule has 0 amide bonds. The van der Waals surface area contributed by atoms with Gasteiger partial charge in [0.2, 0.25) is 15.8 Å². The predicted molar refractivity (Wildman–Crippen MR) is 94.9 cm³/mol. The normalized spacial score (nSPS) is 12.3. The molecule has 0 aliphatic carbocycles. The highest BCUT2D eigenvalue weighted by Gasteiger charge is 2.19. The minimum absolute atomic E-state index is 0.0743. The summed E-state index contributed by atoms with van der Waals surface area (Å²) < 4.78 is 42.6. The maximum Gasteiger partial charge on any atom is 0.310 e. The van der Waals surface area contributed by atoms with Gasteiger partial charge in [0.1, 0.15) is 5.82 Å². The van der Waals surface area contributed by atoms with Crippen molar-refractivity contribution in [3.8, 4) is 0 Å². The van der Waals surface area contributed by atoms with E-state index < -0.39 is 33.7 Å². The number of ether oxygens (including phenoxy) is 1. The predicted octanol–water partition coefficient (Wildman–Crippen LogP) is 2.55. The highest BCUT2D eigenvalue weighted by molar-refractivity contribution is 7.92. The molecule has 0 aromatic heterocycles. The highest BCUT2D eigenvalue weighted by atomic mass is 32.2. The Morgan fingerprint density at radius 1 is 1.08 bits per heavy atom. The number of hydrogen-bond donors (Lipinski definition) is 1. The summed E-state index contributed by atoms with van der Waals surface area (Å²) in [6.07, 6.45) is -0.0548. The van der Waals surface area contributed by atoms with Crippen LogP contribution in [0.15, 0.2) is 48.5 Å². The fourth-order valence-electron chi connectivity index (χ4n) is 2.21. The van der Waals surface area contributed by atoms with E-state index in [-0.39, 0.29) is 12.0 Å². The Balaban J connectivity index is 1.95. The number of Topliss-reactive ketones (excluding diaryl/α,β-unsaturated/α-hetero) is 1. The lowest BCUT2D eigenvalue weighted by molar-refractivity contribution is -0.145. The summed E-state index contributed by atoms with van der Waals surface area (Å²) in [6.45, 7) is 1.45. The van der Waals surface area contributed by atoms with Crippen LogP contribution in [0.2, 0.25) is 0 Å². The maximum atomic E-state index is 12.8. The van der Waals surface area contributed by atoms with Crippen molar-refractivity contribution in [1.29, 1.82) is 0 Å². The van der Waals surface area contributed by atoms with Gasteiger partial charge in [0.15, 0.2) is 6.10 Å². The minimum atomic E-state index is -3.40. The molecule has 1 unspecified atom stereocenters. The lowest BCUT2D eigenvalue weighted by Crippen LogP contribution is -2.25. The molecule has 0 fully saturated rings. The molecule has 2 aromatic rings. The number of carbonyl (C=O) groups is 2. The van der Waals surface area contributed by atoms with Gasteiger partial charge in [-0.05, 0) is 48.9 Å². The molecular weight excluding hydrogens is 361 g/mol. The van der Waals surface area contributed by atoms with Crippen molar-refractivity contribution in [3.63, 3.8) is 0 Å². The van der Waals surface area contributed by atoms with Crippen molar-refractivity contribution in [2.24, 2.45) is 0 Å². The Labute approximate surface area is 151 Å². The van der Waals surface area contributed by atoms with E-state index in [1.807, 2.05) is 0 Å². The van der Waals surface area contributed by atoms with E-state index in [1.165, 1.54) is 55.5 Å². The van der Waals surface area contributed by atoms with Gasteiger partial charge >= 0.3 is 5.97 Å². The molecule has 0 saturated heterocycles. The standard InChI is InChI=1S/C18H18FNO5S/c1-12(25-17(21)11-13-3-7-15(19)8-4-13)18(22)14-5-9-16(10-6-14)20-26(2,23)24/h3-10,12,20H,11H2,1-2H3. The number of ketones is 1. The number of sulfonamides is 1. The first kappa shape index (κ1) is 19.6. The number of anilines is 1. The monoisotopic (exact) mass is 379 g/mol. The number of nitrogens with one attached hydrogen (secondary N) is 1. The lowest BCUT2D eigenvalue weighted by atomic mass is 10.1. The average molecular weight is 379 g/mol. The van der Waals surface area contributed by atoms with Crippen molar-refractivity contribution in [2.45, 2.75) is 19.4 Å². The van der Waals surface area contributed by atoms with Gasteiger partial charge in [0, 0.05) is 11.3 Å². The molecule has 6 nitrogen and oxygen atoms in total. The second kappa shape index (κ2) is 8.09. The van der Waals surface area contributed by atoms with Crippen LogP contribution in [0.1, 0.15) is 22.8 Å². The third kappa shape index (κ3) is 5.96. The topological polar surface area (TPSA) is 89.5 Å². The molecule has 0 saturated carbocycles. The zero-order chi connectivity index (χ0) is 19.3. The van der Waals surface area contributed by atoms with E-state index in [0.29, 0.717) is 11.3 Å². The molecule has 0 aliphatic heterocycles. The first-order valence-corrected chi connectivity index (χ1v) is 9.59. The summed E-state index contributed by atoms with van der Waals surface area (Å²) in [5.74, 6) is -1.42. The largest absolute Gasteiger partial charge is 0.454 e. The smallest absolute Gasteiger partial charge is 0.310 e. The van der Waals surface area contributed by atoms with E-state index in [1.54, 1.807) is 0 Å². The summed E-state index contributed by atoms with van der Waals surface area (Å²) in [5, 5.41) is 0. The Morgan fingerprint density at radius 3 is 2.19 bits per heavy atom. The molecule has 1 N–H and O–H groups in total. The van der Waals surface area contributed by atoms with Gasteiger partial charge in [-0.3, -0.25) is 14.3 Å². The van der Waals surface area contributed by atoms with E-state index in [0.717, 1.165) is 6.26 Å². The molecule has 0 bridgehead atoms. The van der Waals surface area contributed by atoms with E-state index >= 15 is 0 Å². The third-order valence-electron chi connectivity index (χ3n) is 3.41. The van der Waals surface area contributed by atoms with Crippen LogP contribution in [-0.4, -0.2) is 32.5 Å². The van der Waals surface area contributed by atoms with Crippen LogP contribution >= 0.6 is 0 Å². The molecule has 26 heavy (non-hydrogen) atoms. The molecule has 0 radical (unpaired) electrons. The van der Waals surface area contributed by atoms with Crippen LogP contribution < -0.4 is 4.72 Å². The van der Waals surface area contributed by atoms with Crippen LogP contribution in [0.5, 0.6) is 0 Å². The molecule has 8 heteroatoms. The lowest BCUT2D eigenvalue weighted by Gasteiger charge is -2.13. The summed E-state index contributed by atoms with van der Waals surface area (Å²) in [4.78, 5) is 24.2. The van der Waals surface area contributed by atoms with Gasteiger partial charge in [0.05, 0.1) is 12.7 Å². The van der Waals surface area contributed by atoms with Crippen LogP contribution in [0.3, 0.4) is 0 Å². The van der Waals surface area contributed by atoms with Crippen molar-refractivity contribution in [2.75, 3.05) is 11.0 Å². The summed E-state index contributed by atoms with van der Waals surface area (Å²) in [7, 11) is -3.40. The van der Waals surface area contributed by atoms with Crippen molar-refractivity contribution < 1.29 is 27.1 Å². The van der Waals surface area contributed by atoms with Crippen molar-refractivity contribution in [1.82, 2.24) is 0 Å². The van der Waals surface area contributed by atoms with Crippen LogP contribution in [0, 0.1) is 5.82 Å². The van der Waals surface area contributed by atoms with Gasteiger partial charge < -0.3 is 4.74 Å². The van der Waals surface area contributed by atoms with Gasteiger partial charge in [-0.25, -0.2) is 12.8 Å². The Bertz CT molecular complexity index is 892. The van der Waals surface area contributed by atoms with Gasteiger partial charge in [-0.15, -0.1) is 0 Å². The van der Waals surface area contributed by atoms with Gasteiger partial charge in [0.25, 0.3) is 0 Å². The summed E-state index contributed by atoms with van der Waals surface area (Å²) >= 11 is 0. The zero-order valence-corrected chi connectivity index (χ0v) is 15.0. The molecule has 0 heterocycles. The first-order valence-electron chi connectivity index (χ1n) is 7.70. The van der Waals surface area contributed by atoms with Crippen LogP contribution in [-0.2, 0) is 26.0 Å². The minimum Gasteiger partial charge on any atom is -0.454 e. The molecular formula is C18H18FNO5S. The summed E-state index contributed by atoms with van der Waals surface area (Å²) in [5.41, 5.74) is 1.18. The number of esters is 1. The first-order chi connectivity index (χ1) is 12.1. The molecule has 1 atom stereocenters. The van der Waals surface area contributed by atoms with E-state index in [9.17, 15) is 22.4 Å². The van der Waals surface area contributed by atoms with Crippen LogP contribution in [0.25, 0.3) is 0 Å². The quantitative estimate of drug-likeness (QED) is 0.590. The molecule has 0 spiro atoms. The van der Waals surface area contributed by atoms with E-state index in [4.69, 9.17) is 4.74 Å². The van der Waals surface area contributed by atoms with Crippen LogP contribution in [0.4, 0.5) is 10.1 Å². The fourth-order valence-corrected chi connectivity index (χ4v) is 2.78. The molecule has 0 aliphatic rings. The molecule has 138 valence electrons. The molecule has 2 rings (SSSR count). The second-order valence-electron chi connectivity index (χ2n) is 5.75. The summed E-state index contributed by atoms with van der Waals surface area (Å²) in [6, 6.07) is 11.2. The highest BCUT2D eigenvalue weighted by Crippen LogP contribution is 2.14. The average Bonchev–Trinajstić information content (AvgIpc) is 2.55. The second-order valence-corrected chi connectivity index (χ2v) is 7.50. The number of hydrogen-bond acceptors (Lipinski definition) is 5. The molecule has 2 aromatic carbocycles. The number of benzene rings is 2. The fraction of sp³-hybridized carbons (Fsp3) is 0.222. The number of rotatable bonds is 7. The van der Waals surface area contributed by atoms with Gasteiger partial charge in [-0.2, -0.15) is 0 Å². The van der Waals surface area contributed by atoms with Crippen molar-refractivity contribution in [3.05, 3.63) is 65.5 Å². The van der Waals surface area contributed by atoms with E-state index in [2.05, 4.69) is 4.72 Å². The Kier molecular flexibility index (Phi) is 6.10. The number of halogens is 1. The van der Waals surface area contributed by atoms with Gasteiger partial charge in [-0.1, -0.05) is 12.1 Å². The van der Waals surface area contributed by atoms with Crippen molar-refractivity contribution >= 4 is 27.5 Å². The Morgan fingerprint density at radius 2 is 1.65 bits per heavy atom.